The molecule has 1 fully saturated rings. The first-order valence-electron chi connectivity index (χ1n) is 11.3. The molecule has 0 radical (unpaired) electrons. The Labute approximate surface area is 219 Å². The second kappa shape index (κ2) is 11.7. The first-order chi connectivity index (χ1) is 15.6. The monoisotopic (exact) mass is 520 g/mol. The van der Waals surface area contributed by atoms with E-state index in [-0.39, 0.29) is 36.4 Å². The van der Waals surface area contributed by atoms with Gasteiger partial charge in [-0.1, -0.05) is 60.1 Å². The number of benzene rings is 3. The molecule has 2 aliphatic rings. The van der Waals surface area contributed by atoms with Gasteiger partial charge in [0.1, 0.15) is 13.2 Å². The lowest BCUT2D eigenvalue weighted by Crippen LogP contribution is -2.60. The summed E-state index contributed by atoms with van der Waals surface area (Å²) in [5, 5.41) is 4.55. The van der Waals surface area contributed by atoms with Crippen LogP contribution in [0.5, 0.6) is 11.5 Å². The summed E-state index contributed by atoms with van der Waals surface area (Å²) in [7, 11) is 0. The molecular weight excluding hydrogens is 491 g/mol. The van der Waals surface area contributed by atoms with Crippen LogP contribution in [0.4, 0.5) is 0 Å². The van der Waals surface area contributed by atoms with Gasteiger partial charge in [0.2, 0.25) is 0 Å². The summed E-state index contributed by atoms with van der Waals surface area (Å²) in [4.78, 5) is 2.59. The van der Waals surface area contributed by atoms with Gasteiger partial charge in [-0.25, -0.2) is 0 Å². The van der Waals surface area contributed by atoms with E-state index in [9.17, 15) is 0 Å². The normalized spacial score (nSPS) is 20.5. The summed E-state index contributed by atoms with van der Waals surface area (Å²) in [5.41, 5.74) is 3.78. The van der Waals surface area contributed by atoms with Gasteiger partial charge in [0.25, 0.3) is 0 Å². The first-order valence-corrected chi connectivity index (χ1v) is 11.7. The fourth-order valence-corrected chi connectivity index (χ4v) is 5.09. The molecule has 2 heterocycles. The molecule has 1 N–H and O–H groups in total. The molecule has 0 spiro atoms. The molecule has 34 heavy (non-hydrogen) atoms. The lowest BCUT2D eigenvalue weighted by Gasteiger charge is -2.45. The van der Waals surface area contributed by atoms with Crippen molar-refractivity contribution in [1.82, 2.24) is 10.2 Å². The van der Waals surface area contributed by atoms with Crippen molar-refractivity contribution in [3.05, 3.63) is 94.5 Å². The molecule has 5 rings (SSSR count). The van der Waals surface area contributed by atoms with Gasteiger partial charge in [0, 0.05) is 30.2 Å². The number of hydrogen-bond acceptors (Lipinski definition) is 4. The van der Waals surface area contributed by atoms with E-state index in [0.29, 0.717) is 13.2 Å². The van der Waals surface area contributed by atoms with Gasteiger partial charge in [0.15, 0.2) is 11.5 Å². The molecule has 0 bridgehead atoms. The molecule has 1 saturated heterocycles. The van der Waals surface area contributed by atoms with Crippen molar-refractivity contribution in [2.45, 2.75) is 24.9 Å². The average Bonchev–Trinajstić information content (AvgIpc) is 2.81. The van der Waals surface area contributed by atoms with E-state index >= 15 is 0 Å². The Morgan fingerprint density at radius 1 is 0.912 bits per heavy atom. The second-order valence-electron chi connectivity index (χ2n) is 8.98. The molecule has 2 atom stereocenters. The van der Waals surface area contributed by atoms with Crippen LogP contribution in [-0.2, 0) is 6.42 Å². The summed E-state index contributed by atoms with van der Waals surface area (Å²) in [6.45, 7) is 6.41. The van der Waals surface area contributed by atoms with Crippen molar-refractivity contribution >= 4 is 36.4 Å². The van der Waals surface area contributed by atoms with Crippen molar-refractivity contribution in [2.24, 2.45) is 0 Å². The maximum atomic E-state index is 6.19. The van der Waals surface area contributed by atoms with E-state index in [2.05, 4.69) is 71.7 Å². The van der Waals surface area contributed by atoms with Crippen LogP contribution in [0.1, 0.15) is 29.7 Å². The van der Waals surface area contributed by atoms with E-state index in [1.165, 1.54) is 16.7 Å². The van der Waals surface area contributed by atoms with Crippen LogP contribution < -0.4 is 14.8 Å². The zero-order valence-corrected chi connectivity index (χ0v) is 21.6. The molecule has 182 valence electrons. The molecular formula is C27H31Cl3N2O2. The number of nitrogens with one attached hydrogen (secondary N) is 1. The molecule has 3 aromatic rings. The summed E-state index contributed by atoms with van der Waals surface area (Å²) in [5.74, 6) is 1.70. The highest BCUT2D eigenvalue weighted by Crippen LogP contribution is 2.35. The van der Waals surface area contributed by atoms with E-state index in [0.717, 1.165) is 42.6 Å². The zero-order chi connectivity index (χ0) is 22.0. The Balaban J connectivity index is 0.00000162. The van der Waals surface area contributed by atoms with E-state index in [1.807, 2.05) is 18.2 Å². The van der Waals surface area contributed by atoms with E-state index in [1.54, 1.807) is 0 Å². The summed E-state index contributed by atoms with van der Waals surface area (Å²) in [6, 6.07) is 25.6. The van der Waals surface area contributed by atoms with Gasteiger partial charge < -0.3 is 14.8 Å². The Kier molecular flexibility index (Phi) is 9.14. The fraction of sp³-hybridized carbons (Fsp3) is 0.333. The third kappa shape index (κ3) is 5.99. The molecule has 4 nitrogen and oxygen atoms in total. The third-order valence-electron chi connectivity index (χ3n) is 6.37. The topological polar surface area (TPSA) is 33.7 Å². The first kappa shape index (κ1) is 26.7. The van der Waals surface area contributed by atoms with Crippen molar-refractivity contribution in [3.63, 3.8) is 0 Å². The van der Waals surface area contributed by atoms with Gasteiger partial charge in [0.05, 0.1) is 6.04 Å². The van der Waals surface area contributed by atoms with Crippen molar-refractivity contribution < 1.29 is 9.47 Å². The van der Waals surface area contributed by atoms with Gasteiger partial charge in [-0.15, -0.1) is 24.8 Å². The minimum Gasteiger partial charge on any atom is -0.486 e. The molecule has 0 saturated carbocycles. The van der Waals surface area contributed by atoms with E-state index in [4.69, 9.17) is 21.1 Å². The summed E-state index contributed by atoms with van der Waals surface area (Å²) in [6.07, 6.45) is 0.919. The lowest BCUT2D eigenvalue weighted by molar-refractivity contribution is 0.115. The highest BCUT2D eigenvalue weighted by atomic mass is 35.5. The number of piperazine rings is 1. The quantitative estimate of drug-likeness (QED) is 0.450. The fourth-order valence-electron chi connectivity index (χ4n) is 4.97. The molecule has 7 heteroatoms. The number of halogens is 3. The van der Waals surface area contributed by atoms with Crippen LogP contribution in [-0.4, -0.2) is 43.3 Å². The Morgan fingerprint density at radius 2 is 1.59 bits per heavy atom. The van der Waals surface area contributed by atoms with Crippen LogP contribution in [0.25, 0.3) is 0 Å². The molecule has 2 unspecified atom stereocenters. The molecule has 2 aliphatic heterocycles. The Morgan fingerprint density at radius 3 is 2.32 bits per heavy atom. The smallest absolute Gasteiger partial charge is 0.161 e. The maximum Gasteiger partial charge on any atom is 0.161 e. The van der Waals surface area contributed by atoms with Crippen LogP contribution >= 0.6 is 36.4 Å². The van der Waals surface area contributed by atoms with Crippen LogP contribution in [0, 0.1) is 0 Å². The zero-order valence-electron chi connectivity index (χ0n) is 19.2. The molecule has 0 amide bonds. The Bertz CT molecular complexity index is 1070. The molecule has 3 aromatic carbocycles. The number of fused-ring (bicyclic) bond motifs is 1. The predicted octanol–water partition coefficient (Wildman–Crippen LogP) is 5.95. The standard InChI is InChI=1S/C27H29ClN2O2.2ClH/c1-27(18-20-7-12-24-25(17-20)32-16-15-31-24)19-30(14-13-29-27)26(21-5-3-2-4-6-21)22-8-10-23(28)11-9-22;;/h2-12,17,26,29H,13-16,18-19H2,1H3;2*1H. The summed E-state index contributed by atoms with van der Waals surface area (Å²) < 4.78 is 11.5. The van der Waals surface area contributed by atoms with Crippen molar-refractivity contribution in [2.75, 3.05) is 32.8 Å². The predicted molar refractivity (Wildman–Crippen MR) is 143 cm³/mol. The van der Waals surface area contributed by atoms with Crippen LogP contribution in [0.2, 0.25) is 5.02 Å². The minimum atomic E-state index is -0.0541. The average molecular weight is 522 g/mol. The molecule has 0 aromatic heterocycles. The van der Waals surface area contributed by atoms with Gasteiger partial charge in [-0.05, 0) is 54.3 Å². The lowest BCUT2D eigenvalue weighted by atomic mass is 9.87. The number of rotatable bonds is 5. The highest BCUT2D eigenvalue weighted by Gasteiger charge is 2.35. The Hall–Kier alpha value is -1.95. The van der Waals surface area contributed by atoms with Gasteiger partial charge >= 0.3 is 0 Å². The van der Waals surface area contributed by atoms with Gasteiger partial charge in [-0.2, -0.15) is 0 Å². The van der Waals surface area contributed by atoms with Crippen LogP contribution in [0.15, 0.2) is 72.8 Å². The van der Waals surface area contributed by atoms with Crippen LogP contribution in [0.3, 0.4) is 0 Å². The second-order valence-corrected chi connectivity index (χ2v) is 9.41. The third-order valence-corrected chi connectivity index (χ3v) is 6.62. The summed E-state index contributed by atoms with van der Waals surface area (Å²) >= 11 is 6.19. The maximum absolute atomic E-state index is 6.19. The number of nitrogens with zero attached hydrogens (tertiary/aromatic N) is 1. The van der Waals surface area contributed by atoms with E-state index < -0.39 is 0 Å². The number of ether oxygens (including phenoxy) is 2. The minimum absolute atomic E-state index is 0. The highest BCUT2D eigenvalue weighted by molar-refractivity contribution is 6.30. The SMILES string of the molecule is CC1(Cc2ccc3c(c2)OCCO3)CN(C(c2ccccc2)c2ccc(Cl)cc2)CCN1.Cl.Cl. The van der Waals surface area contributed by atoms with Gasteiger partial charge in [-0.3, -0.25) is 4.90 Å². The number of hydrogen-bond donors (Lipinski definition) is 1. The van der Waals surface area contributed by atoms with Crippen molar-refractivity contribution in [1.29, 1.82) is 0 Å². The largest absolute Gasteiger partial charge is 0.486 e. The molecule has 0 aliphatic carbocycles. The van der Waals surface area contributed by atoms with Crippen molar-refractivity contribution in [3.8, 4) is 11.5 Å².